The molecule has 1 saturated carbocycles. The minimum Gasteiger partial charge on any atom is -0.300 e. The Bertz CT molecular complexity index is 434. The molecule has 1 aliphatic carbocycles. The second-order valence-corrected chi connectivity index (χ2v) is 5.96. The van der Waals surface area contributed by atoms with Crippen LogP contribution in [0.2, 0.25) is 0 Å². The van der Waals surface area contributed by atoms with Gasteiger partial charge in [0.2, 0.25) is 0 Å². The Hall–Kier alpha value is -1.33. The van der Waals surface area contributed by atoms with Crippen LogP contribution in [0.5, 0.6) is 0 Å². The van der Waals surface area contributed by atoms with Crippen molar-refractivity contribution >= 4 is 0 Å². The Morgan fingerprint density at radius 2 is 1.61 bits per heavy atom. The van der Waals surface area contributed by atoms with Crippen molar-refractivity contribution in [3.63, 3.8) is 0 Å². The third kappa shape index (κ3) is 2.15. The van der Waals surface area contributed by atoms with Crippen LogP contribution in [0.25, 0.3) is 0 Å². The molecular formula is C16H22N2. The molecule has 0 amide bonds. The van der Waals surface area contributed by atoms with Gasteiger partial charge in [-0.15, -0.1) is 0 Å². The molecule has 2 rings (SSSR count). The molecule has 18 heavy (non-hydrogen) atoms. The normalized spacial score (nSPS) is 32.2. The van der Waals surface area contributed by atoms with Crippen LogP contribution < -0.4 is 0 Å². The van der Waals surface area contributed by atoms with Crippen molar-refractivity contribution in [1.29, 1.82) is 5.26 Å². The molecule has 1 aromatic rings. The molecule has 0 saturated heterocycles. The molecule has 0 unspecified atom stereocenters. The second kappa shape index (κ2) is 4.74. The quantitative estimate of drug-likeness (QED) is 0.793. The lowest BCUT2D eigenvalue weighted by Gasteiger charge is -2.47. The number of nitrogens with zero attached hydrogens (tertiary/aromatic N) is 2. The average Bonchev–Trinajstić information content (AvgIpc) is 2.40. The van der Waals surface area contributed by atoms with Gasteiger partial charge < -0.3 is 0 Å². The summed E-state index contributed by atoms with van der Waals surface area (Å²) in [5.74, 6) is 0. The molecule has 2 heteroatoms. The predicted molar refractivity (Wildman–Crippen MR) is 74.0 cm³/mol. The summed E-state index contributed by atoms with van der Waals surface area (Å²) in [5.41, 5.74) is 1.36. The molecule has 96 valence electrons. The minimum absolute atomic E-state index is 0.109. The van der Waals surface area contributed by atoms with Crippen molar-refractivity contribution in [1.82, 2.24) is 4.90 Å². The van der Waals surface area contributed by atoms with Crippen molar-refractivity contribution < 1.29 is 0 Å². The molecule has 1 aromatic carbocycles. The molecule has 1 aliphatic rings. The summed E-state index contributed by atoms with van der Waals surface area (Å²) in [6.45, 7) is 2.09. The summed E-state index contributed by atoms with van der Waals surface area (Å²) in [5, 5.41) is 9.27. The first-order valence-corrected chi connectivity index (χ1v) is 6.67. The number of hydrogen-bond acceptors (Lipinski definition) is 2. The largest absolute Gasteiger partial charge is 0.300 e. The second-order valence-electron chi connectivity index (χ2n) is 5.96. The summed E-state index contributed by atoms with van der Waals surface area (Å²) in [6.07, 6.45) is 4.09. The van der Waals surface area contributed by atoms with Gasteiger partial charge in [0.05, 0.1) is 11.5 Å². The molecule has 0 spiro atoms. The van der Waals surface area contributed by atoms with E-state index < -0.39 is 0 Å². The Morgan fingerprint density at radius 1 is 1.06 bits per heavy atom. The molecule has 0 bridgehead atoms. The Balaban J connectivity index is 2.30. The van der Waals surface area contributed by atoms with E-state index in [2.05, 4.69) is 62.3 Å². The average molecular weight is 242 g/mol. The number of rotatable bonds is 2. The Kier molecular flexibility index (Phi) is 3.45. The summed E-state index contributed by atoms with van der Waals surface area (Å²) in [4.78, 5) is 2.33. The van der Waals surface area contributed by atoms with Gasteiger partial charge >= 0.3 is 0 Å². The van der Waals surface area contributed by atoms with Gasteiger partial charge in [-0.2, -0.15) is 5.26 Å². The molecule has 0 N–H and O–H groups in total. The smallest absolute Gasteiger partial charge is 0.0686 e. The SMILES string of the molecule is CN(C)C1(c2ccccc2)CCC(C)(C#N)CC1. The van der Waals surface area contributed by atoms with E-state index >= 15 is 0 Å². The van der Waals surface area contributed by atoms with Crippen LogP contribution >= 0.6 is 0 Å². The molecule has 2 nitrogen and oxygen atoms in total. The number of hydrogen-bond donors (Lipinski definition) is 0. The van der Waals surface area contributed by atoms with E-state index in [4.69, 9.17) is 0 Å². The summed E-state index contributed by atoms with van der Waals surface area (Å²) in [7, 11) is 4.31. The fourth-order valence-corrected chi connectivity index (χ4v) is 3.07. The van der Waals surface area contributed by atoms with Gasteiger partial charge in [-0.3, -0.25) is 4.90 Å². The third-order valence-electron chi connectivity index (χ3n) is 4.62. The number of nitriles is 1. The van der Waals surface area contributed by atoms with Crippen LogP contribution in [-0.2, 0) is 5.54 Å². The van der Waals surface area contributed by atoms with Crippen molar-refractivity contribution in [3.05, 3.63) is 35.9 Å². The van der Waals surface area contributed by atoms with Crippen molar-refractivity contribution in [3.8, 4) is 6.07 Å². The maximum absolute atomic E-state index is 9.27. The van der Waals surface area contributed by atoms with E-state index in [0.717, 1.165) is 25.7 Å². The monoisotopic (exact) mass is 242 g/mol. The van der Waals surface area contributed by atoms with E-state index in [1.54, 1.807) is 0 Å². The zero-order valence-corrected chi connectivity index (χ0v) is 11.6. The lowest BCUT2D eigenvalue weighted by molar-refractivity contribution is 0.0628. The summed E-state index contributed by atoms with van der Waals surface area (Å²) in [6, 6.07) is 13.2. The molecule has 0 aromatic heterocycles. The predicted octanol–water partition coefficient (Wildman–Crippen LogP) is 3.55. The van der Waals surface area contributed by atoms with Crippen LogP contribution in [0, 0.1) is 16.7 Å². The standard InChI is InChI=1S/C16H22N2/c1-15(13-17)9-11-16(12-10-15,18(2)3)14-7-5-4-6-8-14/h4-8H,9-12H2,1-3H3. The summed E-state index contributed by atoms with van der Waals surface area (Å²) >= 11 is 0. The Morgan fingerprint density at radius 3 is 2.06 bits per heavy atom. The fourth-order valence-electron chi connectivity index (χ4n) is 3.07. The first-order valence-electron chi connectivity index (χ1n) is 6.67. The zero-order chi connectivity index (χ0) is 13.2. The molecule has 0 radical (unpaired) electrons. The van der Waals surface area contributed by atoms with E-state index in [1.165, 1.54) is 5.56 Å². The molecule has 1 fully saturated rings. The maximum atomic E-state index is 9.27. The van der Waals surface area contributed by atoms with Gasteiger partial charge in [-0.25, -0.2) is 0 Å². The highest BCUT2D eigenvalue weighted by atomic mass is 15.1. The fraction of sp³-hybridized carbons (Fsp3) is 0.562. The lowest BCUT2D eigenvalue weighted by atomic mass is 9.66. The minimum atomic E-state index is -0.131. The first-order chi connectivity index (χ1) is 8.52. The Labute approximate surface area is 110 Å². The lowest BCUT2D eigenvalue weighted by Crippen LogP contribution is -2.46. The van der Waals surface area contributed by atoms with Gasteiger partial charge in [0, 0.05) is 5.54 Å². The highest BCUT2D eigenvalue weighted by Crippen LogP contribution is 2.47. The van der Waals surface area contributed by atoms with E-state index in [0.29, 0.717) is 0 Å². The van der Waals surface area contributed by atoms with Gasteiger partial charge in [-0.1, -0.05) is 30.3 Å². The van der Waals surface area contributed by atoms with E-state index in [9.17, 15) is 5.26 Å². The van der Waals surface area contributed by atoms with Crippen LogP contribution in [0.1, 0.15) is 38.2 Å². The molecule has 0 atom stereocenters. The highest BCUT2D eigenvalue weighted by molar-refractivity contribution is 5.26. The zero-order valence-electron chi connectivity index (χ0n) is 11.6. The molecular weight excluding hydrogens is 220 g/mol. The van der Waals surface area contributed by atoms with Gasteiger partial charge in [0.15, 0.2) is 0 Å². The molecule has 0 aliphatic heterocycles. The number of benzene rings is 1. The van der Waals surface area contributed by atoms with Crippen molar-refractivity contribution in [2.45, 2.75) is 38.1 Å². The first kappa shape index (κ1) is 13.1. The van der Waals surface area contributed by atoms with Crippen molar-refractivity contribution in [2.75, 3.05) is 14.1 Å². The van der Waals surface area contributed by atoms with Gasteiger partial charge in [-0.05, 0) is 52.3 Å². The van der Waals surface area contributed by atoms with Crippen molar-refractivity contribution in [2.24, 2.45) is 5.41 Å². The van der Waals surface area contributed by atoms with E-state index in [1.807, 2.05) is 0 Å². The van der Waals surface area contributed by atoms with Crippen LogP contribution in [0.15, 0.2) is 30.3 Å². The topological polar surface area (TPSA) is 27.0 Å². The maximum Gasteiger partial charge on any atom is 0.0686 e. The summed E-state index contributed by atoms with van der Waals surface area (Å²) < 4.78 is 0. The van der Waals surface area contributed by atoms with Gasteiger partial charge in [0.1, 0.15) is 0 Å². The van der Waals surface area contributed by atoms with Crippen LogP contribution in [0.3, 0.4) is 0 Å². The van der Waals surface area contributed by atoms with Crippen LogP contribution in [0.4, 0.5) is 0 Å². The van der Waals surface area contributed by atoms with Crippen LogP contribution in [-0.4, -0.2) is 19.0 Å². The third-order valence-corrected chi connectivity index (χ3v) is 4.62. The van der Waals surface area contributed by atoms with E-state index in [-0.39, 0.29) is 11.0 Å². The molecule has 0 heterocycles. The van der Waals surface area contributed by atoms with Gasteiger partial charge in [0.25, 0.3) is 0 Å². The highest BCUT2D eigenvalue weighted by Gasteiger charge is 2.42.